The Morgan fingerprint density at radius 3 is 2.55 bits per heavy atom. The lowest BCUT2D eigenvalue weighted by Crippen LogP contribution is -2.25. The summed E-state index contributed by atoms with van der Waals surface area (Å²) in [7, 11) is 1.57. The molecule has 3 N–H and O–H groups in total. The Morgan fingerprint density at radius 2 is 1.84 bits per heavy atom. The lowest BCUT2D eigenvalue weighted by molar-refractivity contribution is -0.117. The van der Waals surface area contributed by atoms with Crippen LogP contribution in [-0.2, 0) is 16.1 Å². The van der Waals surface area contributed by atoms with Gasteiger partial charge in [0.15, 0.2) is 5.76 Å². The van der Waals surface area contributed by atoms with Crippen molar-refractivity contribution in [1.29, 1.82) is 0 Å². The quantitative estimate of drug-likeness (QED) is 0.428. The number of nitrogens with zero attached hydrogens (tertiary/aromatic N) is 2. The van der Waals surface area contributed by atoms with Crippen LogP contribution in [0, 0.1) is 0 Å². The Labute approximate surface area is 178 Å². The molecule has 10 heteroatoms. The molecule has 31 heavy (non-hydrogen) atoms. The van der Waals surface area contributed by atoms with E-state index in [0.717, 1.165) is 0 Å². The van der Waals surface area contributed by atoms with E-state index in [1.54, 1.807) is 49.7 Å². The van der Waals surface area contributed by atoms with Gasteiger partial charge in [0.05, 0.1) is 25.3 Å². The summed E-state index contributed by atoms with van der Waals surface area (Å²) in [5, 5.41) is 12.2. The fourth-order valence-electron chi connectivity index (χ4n) is 2.71. The van der Waals surface area contributed by atoms with Crippen LogP contribution in [0.1, 0.15) is 23.4 Å². The Morgan fingerprint density at radius 1 is 1.06 bits per heavy atom. The van der Waals surface area contributed by atoms with Crippen LogP contribution in [0.3, 0.4) is 0 Å². The normalized spacial score (nSPS) is 10.4. The molecule has 0 saturated carbocycles. The van der Waals surface area contributed by atoms with Crippen LogP contribution < -0.4 is 20.7 Å². The molecule has 0 spiro atoms. The molecule has 0 bridgehead atoms. The van der Waals surface area contributed by atoms with Gasteiger partial charge in [-0.15, -0.1) is 0 Å². The average Bonchev–Trinajstić information content (AvgIpc) is 3.44. The van der Waals surface area contributed by atoms with Crippen LogP contribution in [0.5, 0.6) is 5.75 Å². The molecule has 0 aliphatic heterocycles. The topological polar surface area (TPSA) is 127 Å². The Hall–Kier alpha value is -4.08. The smallest absolute Gasteiger partial charge is 0.286 e. The monoisotopic (exact) mass is 425 g/mol. The molecule has 3 rings (SSSR count). The maximum Gasteiger partial charge on any atom is 0.286 e. The van der Waals surface area contributed by atoms with Crippen LogP contribution in [0.25, 0.3) is 0 Å². The standard InChI is InChI=1S/C21H23N5O5/c1-30-17-8-6-15(7-9-17)24-20(28)14-26-13-16(12-23-26)25-19(27)5-2-10-22-21(29)18-4-3-11-31-18/h3-4,6-9,11-13H,2,5,10,14H2,1H3,(H,22,29)(H,24,28)(H,25,27). The number of ether oxygens (including phenoxy) is 1. The fourth-order valence-corrected chi connectivity index (χ4v) is 2.71. The number of carbonyl (C=O) groups excluding carboxylic acids is 3. The number of anilines is 2. The predicted molar refractivity (Wildman–Crippen MR) is 113 cm³/mol. The number of methoxy groups -OCH3 is 1. The van der Waals surface area contributed by atoms with Crippen molar-refractivity contribution in [2.24, 2.45) is 0 Å². The molecule has 0 atom stereocenters. The number of hydrogen-bond donors (Lipinski definition) is 3. The largest absolute Gasteiger partial charge is 0.497 e. The molecule has 0 aliphatic rings. The van der Waals surface area contributed by atoms with Gasteiger partial charge in [0.1, 0.15) is 12.3 Å². The minimum Gasteiger partial charge on any atom is -0.497 e. The van der Waals surface area contributed by atoms with E-state index in [1.807, 2.05) is 0 Å². The molecule has 0 unspecified atom stereocenters. The minimum atomic E-state index is -0.320. The highest BCUT2D eigenvalue weighted by atomic mass is 16.5. The van der Waals surface area contributed by atoms with Gasteiger partial charge in [0, 0.05) is 24.8 Å². The van der Waals surface area contributed by atoms with Crippen molar-refractivity contribution in [1.82, 2.24) is 15.1 Å². The van der Waals surface area contributed by atoms with Gasteiger partial charge < -0.3 is 25.1 Å². The van der Waals surface area contributed by atoms with E-state index in [0.29, 0.717) is 30.1 Å². The summed E-state index contributed by atoms with van der Waals surface area (Å²) >= 11 is 0. The van der Waals surface area contributed by atoms with Gasteiger partial charge in [-0.05, 0) is 42.8 Å². The zero-order valence-corrected chi connectivity index (χ0v) is 17.0. The first-order valence-electron chi connectivity index (χ1n) is 9.61. The molecule has 10 nitrogen and oxygen atoms in total. The summed E-state index contributed by atoms with van der Waals surface area (Å²) in [6, 6.07) is 10.2. The molecule has 2 heterocycles. The summed E-state index contributed by atoms with van der Waals surface area (Å²) in [6.45, 7) is 0.346. The van der Waals surface area contributed by atoms with Gasteiger partial charge in [-0.1, -0.05) is 0 Å². The third-order valence-corrected chi connectivity index (χ3v) is 4.21. The maximum atomic E-state index is 12.2. The van der Waals surface area contributed by atoms with Crippen LogP contribution >= 0.6 is 0 Å². The molecule has 0 aliphatic carbocycles. The second kappa shape index (κ2) is 10.6. The van der Waals surface area contributed by atoms with E-state index in [9.17, 15) is 14.4 Å². The minimum absolute atomic E-state index is 0.000705. The first kappa shape index (κ1) is 21.6. The van der Waals surface area contributed by atoms with E-state index < -0.39 is 0 Å². The number of hydrogen-bond acceptors (Lipinski definition) is 6. The molecule has 3 aromatic rings. The summed E-state index contributed by atoms with van der Waals surface area (Å²) in [6.07, 6.45) is 5.16. The van der Waals surface area contributed by atoms with Crippen LogP contribution in [-0.4, -0.2) is 41.2 Å². The third-order valence-electron chi connectivity index (χ3n) is 4.21. The SMILES string of the molecule is COc1ccc(NC(=O)Cn2cc(NC(=O)CCCNC(=O)c3ccco3)cn2)cc1. The molecule has 0 fully saturated rings. The summed E-state index contributed by atoms with van der Waals surface area (Å²) in [5.41, 5.74) is 1.13. The molecular formula is C21H23N5O5. The molecular weight excluding hydrogens is 402 g/mol. The first-order chi connectivity index (χ1) is 15.0. The summed E-state index contributed by atoms with van der Waals surface area (Å²) in [4.78, 5) is 35.9. The van der Waals surface area contributed by atoms with Crippen LogP contribution in [0.2, 0.25) is 0 Å². The Bertz CT molecular complexity index is 1010. The van der Waals surface area contributed by atoms with Gasteiger partial charge in [0.2, 0.25) is 11.8 Å². The van der Waals surface area contributed by atoms with Crippen molar-refractivity contribution in [2.45, 2.75) is 19.4 Å². The van der Waals surface area contributed by atoms with Gasteiger partial charge in [-0.3, -0.25) is 19.1 Å². The van der Waals surface area contributed by atoms with Crippen molar-refractivity contribution in [3.8, 4) is 5.75 Å². The van der Waals surface area contributed by atoms with Crippen molar-refractivity contribution in [3.63, 3.8) is 0 Å². The van der Waals surface area contributed by atoms with E-state index in [4.69, 9.17) is 9.15 Å². The number of carbonyl (C=O) groups is 3. The van der Waals surface area contributed by atoms with Gasteiger partial charge in [0.25, 0.3) is 5.91 Å². The maximum absolute atomic E-state index is 12.2. The lowest BCUT2D eigenvalue weighted by Gasteiger charge is -2.06. The van der Waals surface area contributed by atoms with E-state index in [2.05, 4.69) is 21.0 Å². The number of benzene rings is 1. The zero-order chi connectivity index (χ0) is 22.1. The molecule has 0 radical (unpaired) electrons. The van der Waals surface area contributed by atoms with Crippen molar-refractivity contribution in [2.75, 3.05) is 24.3 Å². The number of furan rings is 1. The number of amides is 3. The van der Waals surface area contributed by atoms with E-state index >= 15 is 0 Å². The highest BCUT2D eigenvalue weighted by Gasteiger charge is 2.10. The highest BCUT2D eigenvalue weighted by molar-refractivity contribution is 5.92. The number of aromatic nitrogens is 2. The third kappa shape index (κ3) is 6.74. The van der Waals surface area contributed by atoms with Gasteiger partial charge in [-0.25, -0.2) is 0 Å². The van der Waals surface area contributed by atoms with Crippen LogP contribution in [0.15, 0.2) is 59.5 Å². The number of rotatable bonds is 10. The van der Waals surface area contributed by atoms with Crippen molar-refractivity contribution in [3.05, 3.63) is 60.8 Å². The molecule has 162 valence electrons. The van der Waals surface area contributed by atoms with Crippen molar-refractivity contribution < 1.29 is 23.5 Å². The zero-order valence-electron chi connectivity index (χ0n) is 17.0. The number of nitrogens with one attached hydrogen (secondary N) is 3. The van der Waals surface area contributed by atoms with Crippen molar-refractivity contribution >= 4 is 29.1 Å². The predicted octanol–water partition coefficient (Wildman–Crippen LogP) is 2.27. The van der Waals surface area contributed by atoms with E-state index in [1.165, 1.54) is 17.1 Å². The first-order valence-corrected chi connectivity index (χ1v) is 9.61. The lowest BCUT2D eigenvalue weighted by atomic mass is 10.3. The highest BCUT2D eigenvalue weighted by Crippen LogP contribution is 2.15. The van der Waals surface area contributed by atoms with E-state index in [-0.39, 0.29) is 36.4 Å². The fraction of sp³-hybridized carbons (Fsp3) is 0.238. The molecule has 0 saturated heterocycles. The second-order valence-electron chi connectivity index (χ2n) is 6.59. The second-order valence-corrected chi connectivity index (χ2v) is 6.59. The van der Waals surface area contributed by atoms with Gasteiger partial charge >= 0.3 is 0 Å². The summed E-state index contributed by atoms with van der Waals surface area (Å²) < 4.78 is 11.5. The average molecular weight is 425 g/mol. The van der Waals surface area contributed by atoms with Crippen LogP contribution in [0.4, 0.5) is 11.4 Å². The molecule has 3 amide bonds. The Kier molecular flexibility index (Phi) is 7.41. The Balaban J connectivity index is 1.37. The molecule has 2 aromatic heterocycles. The van der Waals surface area contributed by atoms with Gasteiger partial charge in [-0.2, -0.15) is 5.10 Å². The summed E-state index contributed by atoms with van der Waals surface area (Å²) in [5.74, 6) is 0.144. The molecule has 1 aromatic carbocycles.